The lowest BCUT2D eigenvalue weighted by Gasteiger charge is -2.14. The van der Waals surface area contributed by atoms with E-state index in [-0.39, 0.29) is 17.0 Å². The second-order valence-corrected chi connectivity index (χ2v) is 7.30. The summed E-state index contributed by atoms with van der Waals surface area (Å²) in [5.74, 6) is -0.726. The number of aryl methyl sites for hydroxylation is 1. The van der Waals surface area contributed by atoms with Crippen LogP contribution in [0.5, 0.6) is 11.5 Å². The molecule has 0 aliphatic heterocycles. The van der Waals surface area contributed by atoms with Crippen molar-refractivity contribution in [3.63, 3.8) is 0 Å². The SMILES string of the molecule is COC(=O)c1cc(OC)c(OC)cc1NC(=O)c1sc(NC(=O)c2ccco2)cc1C. The van der Waals surface area contributed by atoms with Crippen molar-refractivity contribution in [2.24, 2.45) is 0 Å². The number of furan rings is 1. The predicted octanol–water partition coefficient (Wildman–Crippen LogP) is 3.96. The number of carbonyl (C=O) groups is 3. The van der Waals surface area contributed by atoms with Gasteiger partial charge in [-0.2, -0.15) is 0 Å². The average molecular weight is 444 g/mol. The van der Waals surface area contributed by atoms with Crippen LogP contribution in [0, 0.1) is 6.92 Å². The Morgan fingerprint density at radius 3 is 2.29 bits per heavy atom. The normalized spacial score (nSPS) is 10.3. The molecule has 0 saturated carbocycles. The Kier molecular flexibility index (Phi) is 6.61. The predicted molar refractivity (Wildman–Crippen MR) is 115 cm³/mol. The molecule has 0 spiro atoms. The van der Waals surface area contributed by atoms with Gasteiger partial charge in [0.1, 0.15) is 0 Å². The maximum Gasteiger partial charge on any atom is 0.340 e. The van der Waals surface area contributed by atoms with Crippen LogP contribution < -0.4 is 20.1 Å². The molecule has 3 aromatic rings. The Bertz CT molecular complexity index is 1120. The zero-order valence-electron chi connectivity index (χ0n) is 17.2. The molecule has 0 bridgehead atoms. The van der Waals surface area contributed by atoms with E-state index in [1.54, 1.807) is 19.1 Å². The summed E-state index contributed by atoms with van der Waals surface area (Å²) in [5.41, 5.74) is 0.954. The van der Waals surface area contributed by atoms with Crippen LogP contribution in [0.1, 0.15) is 36.1 Å². The quantitative estimate of drug-likeness (QED) is 0.530. The van der Waals surface area contributed by atoms with Crippen LogP contribution in [0.25, 0.3) is 0 Å². The highest BCUT2D eigenvalue weighted by Gasteiger charge is 2.22. The van der Waals surface area contributed by atoms with Crippen LogP contribution in [0.2, 0.25) is 0 Å². The number of carbonyl (C=O) groups excluding carboxylic acids is 3. The zero-order valence-corrected chi connectivity index (χ0v) is 18.0. The van der Waals surface area contributed by atoms with Gasteiger partial charge >= 0.3 is 5.97 Å². The van der Waals surface area contributed by atoms with Crippen LogP contribution in [0.15, 0.2) is 41.0 Å². The number of ether oxygens (including phenoxy) is 3. The van der Waals surface area contributed by atoms with Crippen molar-refractivity contribution in [3.05, 3.63) is 58.4 Å². The summed E-state index contributed by atoms with van der Waals surface area (Å²) >= 11 is 1.09. The monoisotopic (exact) mass is 444 g/mol. The molecule has 0 atom stereocenters. The number of methoxy groups -OCH3 is 3. The Morgan fingerprint density at radius 2 is 1.68 bits per heavy atom. The zero-order chi connectivity index (χ0) is 22.5. The third-order valence-corrected chi connectivity index (χ3v) is 5.43. The first-order valence-corrected chi connectivity index (χ1v) is 9.80. The van der Waals surface area contributed by atoms with Gasteiger partial charge < -0.3 is 29.3 Å². The smallest absolute Gasteiger partial charge is 0.340 e. The molecular formula is C21H20N2O7S. The first-order chi connectivity index (χ1) is 14.9. The number of anilines is 2. The molecule has 2 amide bonds. The second-order valence-electron chi connectivity index (χ2n) is 6.25. The number of benzene rings is 1. The molecule has 0 saturated heterocycles. The van der Waals surface area contributed by atoms with Gasteiger partial charge in [0.15, 0.2) is 17.3 Å². The van der Waals surface area contributed by atoms with Gasteiger partial charge in [-0.3, -0.25) is 9.59 Å². The highest BCUT2D eigenvalue weighted by Crippen LogP contribution is 2.35. The molecule has 162 valence electrons. The summed E-state index contributed by atoms with van der Waals surface area (Å²) in [5, 5.41) is 5.87. The maximum absolute atomic E-state index is 12.9. The molecule has 10 heteroatoms. The molecular weight excluding hydrogens is 424 g/mol. The Morgan fingerprint density at radius 1 is 0.968 bits per heavy atom. The van der Waals surface area contributed by atoms with E-state index in [1.165, 1.54) is 45.8 Å². The van der Waals surface area contributed by atoms with Crippen LogP contribution in [0.4, 0.5) is 10.7 Å². The minimum Gasteiger partial charge on any atom is -0.493 e. The number of esters is 1. The van der Waals surface area contributed by atoms with E-state index in [1.807, 2.05) is 0 Å². The van der Waals surface area contributed by atoms with E-state index in [0.29, 0.717) is 26.9 Å². The maximum atomic E-state index is 12.9. The number of hydrogen-bond acceptors (Lipinski definition) is 8. The lowest BCUT2D eigenvalue weighted by molar-refractivity contribution is 0.0601. The molecule has 0 aliphatic rings. The van der Waals surface area contributed by atoms with Gasteiger partial charge in [0.25, 0.3) is 11.8 Å². The third-order valence-electron chi connectivity index (χ3n) is 4.28. The number of hydrogen-bond donors (Lipinski definition) is 2. The van der Waals surface area contributed by atoms with E-state index in [0.717, 1.165) is 11.3 Å². The van der Waals surface area contributed by atoms with Crippen molar-refractivity contribution < 1.29 is 33.0 Å². The molecule has 2 N–H and O–H groups in total. The molecule has 9 nitrogen and oxygen atoms in total. The summed E-state index contributed by atoms with van der Waals surface area (Å²) in [6, 6.07) is 7.72. The minimum atomic E-state index is -0.648. The van der Waals surface area contributed by atoms with Crippen molar-refractivity contribution >= 4 is 39.8 Å². The van der Waals surface area contributed by atoms with E-state index in [4.69, 9.17) is 18.6 Å². The van der Waals surface area contributed by atoms with Crippen LogP contribution in [-0.2, 0) is 4.74 Å². The largest absolute Gasteiger partial charge is 0.493 e. The topological polar surface area (TPSA) is 116 Å². The summed E-state index contributed by atoms with van der Waals surface area (Å²) in [7, 11) is 4.12. The van der Waals surface area contributed by atoms with Gasteiger partial charge in [-0.1, -0.05) is 0 Å². The number of rotatable bonds is 7. The fraction of sp³-hybridized carbons (Fsp3) is 0.190. The van der Waals surface area contributed by atoms with Gasteiger partial charge in [0, 0.05) is 12.1 Å². The van der Waals surface area contributed by atoms with Crippen LogP contribution in [-0.4, -0.2) is 39.1 Å². The first kappa shape index (κ1) is 21.9. The van der Waals surface area contributed by atoms with Crippen molar-refractivity contribution in [3.8, 4) is 11.5 Å². The fourth-order valence-electron chi connectivity index (χ4n) is 2.79. The van der Waals surface area contributed by atoms with E-state index in [2.05, 4.69) is 10.6 Å². The molecule has 2 aromatic heterocycles. The van der Waals surface area contributed by atoms with Crippen molar-refractivity contribution in [2.45, 2.75) is 6.92 Å². The molecule has 0 fully saturated rings. The van der Waals surface area contributed by atoms with Crippen molar-refractivity contribution in [2.75, 3.05) is 32.0 Å². The molecule has 0 radical (unpaired) electrons. The Hall–Kier alpha value is -3.79. The highest BCUT2D eigenvalue weighted by atomic mass is 32.1. The number of nitrogens with one attached hydrogen (secondary N) is 2. The van der Waals surface area contributed by atoms with Gasteiger partial charge in [-0.05, 0) is 30.7 Å². The van der Waals surface area contributed by atoms with E-state index < -0.39 is 17.8 Å². The second kappa shape index (κ2) is 9.35. The Labute approximate surface area is 181 Å². The first-order valence-electron chi connectivity index (χ1n) is 8.98. The average Bonchev–Trinajstić information content (AvgIpc) is 3.42. The third kappa shape index (κ3) is 4.69. The van der Waals surface area contributed by atoms with Crippen molar-refractivity contribution in [1.82, 2.24) is 0 Å². The molecule has 0 unspecified atom stereocenters. The van der Waals surface area contributed by atoms with E-state index in [9.17, 15) is 14.4 Å². The molecule has 0 aliphatic carbocycles. The fourth-order valence-corrected chi connectivity index (χ4v) is 3.75. The van der Waals surface area contributed by atoms with Gasteiger partial charge in [-0.15, -0.1) is 11.3 Å². The summed E-state index contributed by atoms with van der Waals surface area (Å²) in [6.45, 7) is 1.74. The molecule has 3 rings (SSSR count). The number of thiophene rings is 1. The van der Waals surface area contributed by atoms with Crippen LogP contribution >= 0.6 is 11.3 Å². The van der Waals surface area contributed by atoms with Crippen LogP contribution in [0.3, 0.4) is 0 Å². The Balaban J connectivity index is 1.87. The van der Waals surface area contributed by atoms with Gasteiger partial charge in [0.05, 0.1) is 48.7 Å². The molecule has 2 heterocycles. The highest BCUT2D eigenvalue weighted by molar-refractivity contribution is 7.18. The van der Waals surface area contributed by atoms with Crippen molar-refractivity contribution in [1.29, 1.82) is 0 Å². The lowest BCUT2D eigenvalue weighted by Crippen LogP contribution is -2.15. The lowest BCUT2D eigenvalue weighted by atomic mass is 10.1. The molecule has 31 heavy (non-hydrogen) atoms. The summed E-state index contributed by atoms with van der Waals surface area (Å²) in [4.78, 5) is 37.7. The van der Waals surface area contributed by atoms with E-state index >= 15 is 0 Å². The van der Waals surface area contributed by atoms with Gasteiger partial charge in [0.2, 0.25) is 0 Å². The van der Waals surface area contributed by atoms with Gasteiger partial charge in [-0.25, -0.2) is 4.79 Å². The number of amides is 2. The standard InChI is InChI=1S/C21H20N2O7S/c1-11-8-17(23-19(24)14-6-5-7-30-14)31-18(11)20(25)22-13-10-16(28-3)15(27-2)9-12(13)21(26)29-4/h5-10H,1-4H3,(H,22,25)(H,23,24). The minimum absolute atomic E-state index is 0.106. The summed E-state index contributed by atoms with van der Waals surface area (Å²) in [6.07, 6.45) is 1.40. The molecule has 1 aromatic carbocycles. The summed E-state index contributed by atoms with van der Waals surface area (Å²) < 4.78 is 20.3.